The van der Waals surface area contributed by atoms with Gasteiger partial charge >= 0.3 is 0 Å². The lowest BCUT2D eigenvalue weighted by molar-refractivity contribution is 0.190. The lowest BCUT2D eigenvalue weighted by Gasteiger charge is -2.33. The highest BCUT2D eigenvalue weighted by Gasteiger charge is 2.42. The molecule has 0 amide bonds. The van der Waals surface area contributed by atoms with Gasteiger partial charge in [0, 0.05) is 18.0 Å². The second-order valence-electron chi connectivity index (χ2n) is 5.36. The van der Waals surface area contributed by atoms with Crippen LogP contribution < -0.4 is 5.32 Å². The Labute approximate surface area is 101 Å². The molecule has 0 spiro atoms. The number of aryl methyl sites for hydroxylation is 1. The number of alkyl halides is 1. The molecule has 2 saturated heterocycles. The number of benzene rings is 1. The summed E-state index contributed by atoms with van der Waals surface area (Å²) in [7, 11) is 0. The summed E-state index contributed by atoms with van der Waals surface area (Å²) in [5, 5.41) is 13.1. The molecule has 1 aromatic rings. The average molecular weight is 235 g/mol. The lowest BCUT2D eigenvalue weighted by Crippen LogP contribution is -2.45. The molecule has 2 N–H and O–H groups in total. The summed E-state index contributed by atoms with van der Waals surface area (Å²) in [6.07, 6.45) is 1.83. The molecule has 1 unspecified atom stereocenters. The van der Waals surface area contributed by atoms with E-state index in [4.69, 9.17) is 0 Å². The molecule has 2 bridgehead atoms. The number of rotatable bonds is 1. The summed E-state index contributed by atoms with van der Waals surface area (Å²) < 4.78 is 13.9. The van der Waals surface area contributed by atoms with Crippen molar-refractivity contribution in [3.05, 3.63) is 29.3 Å². The highest BCUT2D eigenvalue weighted by atomic mass is 19.1. The fourth-order valence-electron chi connectivity index (χ4n) is 3.20. The lowest BCUT2D eigenvalue weighted by atomic mass is 9.84. The number of piperidine rings is 1. The Bertz CT molecular complexity index is 434. The van der Waals surface area contributed by atoms with Gasteiger partial charge in [0.1, 0.15) is 11.9 Å². The molecule has 2 heterocycles. The Kier molecular flexibility index (Phi) is 2.58. The van der Waals surface area contributed by atoms with E-state index in [9.17, 15) is 9.50 Å². The third-order valence-corrected chi connectivity index (χ3v) is 4.28. The summed E-state index contributed by atoms with van der Waals surface area (Å²) in [6, 6.07) is 6.18. The van der Waals surface area contributed by atoms with E-state index in [1.807, 2.05) is 19.1 Å². The van der Waals surface area contributed by atoms with Crippen LogP contribution in [0.15, 0.2) is 18.2 Å². The van der Waals surface area contributed by atoms with Crippen LogP contribution in [0.3, 0.4) is 0 Å². The molecule has 2 fully saturated rings. The fourth-order valence-corrected chi connectivity index (χ4v) is 3.20. The first-order valence-corrected chi connectivity index (χ1v) is 6.35. The van der Waals surface area contributed by atoms with E-state index in [-0.39, 0.29) is 12.0 Å². The molecule has 3 heteroatoms. The van der Waals surface area contributed by atoms with Gasteiger partial charge in [-0.05, 0) is 43.4 Å². The second-order valence-corrected chi connectivity index (χ2v) is 5.36. The SMILES string of the molecule is Cc1ccc(C2C[C@H](F)[C@@H]3CC[C@H]2N3)cc1O. The first-order chi connectivity index (χ1) is 8.15. The molecule has 17 heavy (non-hydrogen) atoms. The van der Waals surface area contributed by atoms with Crippen molar-refractivity contribution < 1.29 is 9.50 Å². The molecular weight excluding hydrogens is 217 g/mol. The number of halogens is 1. The standard InChI is InChI=1S/C14H18FNO/c1-8-2-3-9(6-14(8)17)10-7-11(15)13-5-4-12(10)16-13/h2-3,6,10-13,16-17H,4-5,7H2,1H3/t10?,11-,12+,13-/m0/s1. The number of phenols is 1. The van der Waals surface area contributed by atoms with E-state index in [1.165, 1.54) is 0 Å². The highest BCUT2D eigenvalue weighted by Crippen LogP contribution is 2.40. The van der Waals surface area contributed by atoms with E-state index in [0.29, 0.717) is 18.2 Å². The van der Waals surface area contributed by atoms with Gasteiger partial charge in [0.15, 0.2) is 0 Å². The van der Waals surface area contributed by atoms with Crippen molar-refractivity contribution in [2.75, 3.05) is 0 Å². The van der Waals surface area contributed by atoms with Crippen LogP contribution in [-0.2, 0) is 0 Å². The van der Waals surface area contributed by atoms with Crippen molar-refractivity contribution >= 4 is 0 Å². The van der Waals surface area contributed by atoms with Gasteiger partial charge in [-0.2, -0.15) is 0 Å². The zero-order chi connectivity index (χ0) is 12.0. The third-order valence-electron chi connectivity index (χ3n) is 4.28. The maximum atomic E-state index is 13.9. The summed E-state index contributed by atoms with van der Waals surface area (Å²) in [4.78, 5) is 0. The van der Waals surface area contributed by atoms with Crippen molar-refractivity contribution in [1.82, 2.24) is 5.32 Å². The molecule has 0 radical (unpaired) electrons. The van der Waals surface area contributed by atoms with Crippen LogP contribution >= 0.6 is 0 Å². The second kappa shape index (κ2) is 3.98. The number of nitrogens with one attached hydrogen (secondary N) is 1. The Morgan fingerprint density at radius 3 is 2.82 bits per heavy atom. The van der Waals surface area contributed by atoms with Crippen molar-refractivity contribution in [3.63, 3.8) is 0 Å². The minimum atomic E-state index is -0.748. The molecule has 0 aliphatic carbocycles. The number of fused-ring (bicyclic) bond motifs is 2. The molecule has 1 aromatic carbocycles. The number of aromatic hydroxyl groups is 1. The van der Waals surface area contributed by atoms with Gasteiger partial charge in [-0.25, -0.2) is 4.39 Å². The van der Waals surface area contributed by atoms with Crippen LogP contribution in [-0.4, -0.2) is 23.4 Å². The zero-order valence-corrected chi connectivity index (χ0v) is 9.99. The molecule has 3 rings (SSSR count). The highest BCUT2D eigenvalue weighted by molar-refractivity contribution is 5.38. The molecule has 2 aliphatic rings. The number of hydrogen-bond acceptors (Lipinski definition) is 2. The van der Waals surface area contributed by atoms with E-state index in [0.717, 1.165) is 24.0 Å². The van der Waals surface area contributed by atoms with Crippen molar-refractivity contribution in [3.8, 4) is 5.75 Å². The van der Waals surface area contributed by atoms with E-state index >= 15 is 0 Å². The molecular formula is C14H18FNO. The average Bonchev–Trinajstić information content (AvgIpc) is 2.73. The van der Waals surface area contributed by atoms with Gasteiger partial charge < -0.3 is 10.4 Å². The van der Waals surface area contributed by atoms with E-state index in [1.54, 1.807) is 6.07 Å². The summed E-state index contributed by atoms with van der Waals surface area (Å²) in [5.41, 5.74) is 1.94. The molecule has 0 aromatic heterocycles. The molecule has 2 aliphatic heterocycles. The summed E-state index contributed by atoms with van der Waals surface area (Å²) in [6.45, 7) is 1.88. The molecule has 2 nitrogen and oxygen atoms in total. The maximum Gasteiger partial charge on any atom is 0.118 e. The van der Waals surface area contributed by atoms with Crippen molar-refractivity contribution in [1.29, 1.82) is 0 Å². The normalized spacial score (nSPS) is 36.1. The topological polar surface area (TPSA) is 32.3 Å². The molecule has 92 valence electrons. The van der Waals surface area contributed by atoms with Crippen LogP contribution in [0.25, 0.3) is 0 Å². The fraction of sp³-hybridized carbons (Fsp3) is 0.571. The van der Waals surface area contributed by atoms with Crippen molar-refractivity contribution in [2.24, 2.45) is 0 Å². The zero-order valence-electron chi connectivity index (χ0n) is 9.99. The quantitative estimate of drug-likeness (QED) is 0.784. The van der Waals surface area contributed by atoms with Gasteiger partial charge in [0.05, 0.1) is 0 Å². The third kappa shape index (κ3) is 1.82. The molecule has 4 atom stereocenters. The van der Waals surface area contributed by atoms with Crippen molar-refractivity contribution in [2.45, 2.75) is 50.4 Å². The summed E-state index contributed by atoms with van der Waals surface area (Å²) in [5.74, 6) is 0.522. The van der Waals surface area contributed by atoms with Gasteiger partial charge in [-0.3, -0.25) is 0 Å². The smallest absolute Gasteiger partial charge is 0.118 e. The number of hydrogen-bond donors (Lipinski definition) is 2. The van der Waals surface area contributed by atoms with Crippen LogP contribution in [0.4, 0.5) is 4.39 Å². The van der Waals surface area contributed by atoms with Crippen LogP contribution in [0.5, 0.6) is 5.75 Å². The minimum absolute atomic E-state index is 0.0651. The van der Waals surface area contributed by atoms with Gasteiger partial charge in [-0.15, -0.1) is 0 Å². The predicted octanol–water partition coefficient (Wildman–Crippen LogP) is 2.65. The van der Waals surface area contributed by atoms with Crippen LogP contribution in [0, 0.1) is 6.92 Å². The van der Waals surface area contributed by atoms with Gasteiger partial charge in [-0.1, -0.05) is 12.1 Å². The van der Waals surface area contributed by atoms with E-state index in [2.05, 4.69) is 5.32 Å². The van der Waals surface area contributed by atoms with Gasteiger partial charge in [0.2, 0.25) is 0 Å². The monoisotopic (exact) mass is 235 g/mol. The predicted molar refractivity (Wildman–Crippen MR) is 65.0 cm³/mol. The Morgan fingerprint density at radius 2 is 2.06 bits per heavy atom. The largest absolute Gasteiger partial charge is 0.508 e. The van der Waals surface area contributed by atoms with Crippen LogP contribution in [0.2, 0.25) is 0 Å². The minimum Gasteiger partial charge on any atom is -0.508 e. The van der Waals surface area contributed by atoms with Crippen LogP contribution in [0.1, 0.15) is 36.3 Å². The summed E-state index contributed by atoms with van der Waals surface area (Å²) >= 11 is 0. The maximum absolute atomic E-state index is 13.9. The Morgan fingerprint density at radius 1 is 1.29 bits per heavy atom. The van der Waals surface area contributed by atoms with E-state index < -0.39 is 6.17 Å². The molecule has 0 saturated carbocycles. The Balaban J connectivity index is 1.90. The van der Waals surface area contributed by atoms with Gasteiger partial charge in [0.25, 0.3) is 0 Å². The Hall–Kier alpha value is -1.09. The number of phenolic OH excluding ortho intramolecular Hbond substituents is 1. The first kappa shape index (κ1) is 11.0. The first-order valence-electron chi connectivity index (χ1n) is 6.35.